The van der Waals surface area contributed by atoms with Gasteiger partial charge < -0.3 is 19.7 Å². The Hall–Kier alpha value is -2.02. The molecule has 0 aliphatic carbocycles. The number of phenolic OH excluding ortho intramolecular Hbond substituents is 1. The predicted octanol–water partition coefficient (Wildman–Crippen LogP) is 4.42. The van der Waals surface area contributed by atoms with Crippen molar-refractivity contribution >= 4 is 24.6 Å². The van der Waals surface area contributed by atoms with Crippen LogP contribution in [0.2, 0.25) is 5.02 Å². The van der Waals surface area contributed by atoms with Crippen molar-refractivity contribution in [2.75, 3.05) is 0 Å². The molecular formula is C20H25BClNO4. The quantitative estimate of drug-likeness (QED) is 0.578. The van der Waals surface area contributed by atoms with Crippen LogP contribution in [0.25, 0.3) is 0 Å². The average molecular weight is 390 g/mol. The van der Waals surface area contributed by atoms with E-state index in [9.17, 15) is 9.90 Å². The van der Waals surface area contributed by atoms with Gasteiger partial charge in [0.2, 0.25) is 0 Å². The van der Waals surface area contributed by atoms with Crippen molar-refractivity contribution in [3.05, 3.63) is 64.8 Å². The number of hydrogen-bond donors (Lipinski definition) is 2. The Labute approximate surface area is 165 Å². The lowest BCUT2D eigenvalue weighted by Crippen LogP contribution is -2.41. The van der Waals surface area contributed by atoms with Gasteiger partial charge in [-0.2, -0.15) is 0 Å². The van der Waals surface area contributed by atoms with Gasteiger partial charge in [0, 0.05) is 16.2 Å². The summed E-state index contributed by atoms with van der Waals surface area (Å²) < 4.78 is 12.1. The Bertz CT molecular complexity index is 798. The number of aromatic hydroxyl groups is 1. The van der Waals surface area contributed by atoms with Gasteiger partial charge in [0.25, 0.3) is 5.91 Å². The summed E-state index contributed by atoms with van der Waals surface area (Å²) in [7, 11) is -0.683. The van der Waals surface area contributed by atoms with Crippen molar-refractivity contribution in [2.24, 2.45) is 0 Å². The highest BCUT2D eigenvalue weighted by Gasteiger charge is 2.52. The summed E-state index contributed by atoms with van der Waals surface area (Å²) in [6.07, 6.45) is 5.11. The van der Waals surface area contributed by atoms with Gasteiger partial charge >= 0.3 is 7.12 Å². The molecule has 144 valence electrons. The van der Waals surface area contributed by atoms with E-state index in [2.05, 4.69) is 11.9 Å². The molecule has 0 unspecified atom stereocenters. The van der Waals surface area contributed by atoms with E-state index in [1.165, 1.54) is 18.2 Å². The van der Waals surface area contributed by atoms with Crippen LogP contribution in [0.15, 0.2) is 54.2 Å². The normalized spacial score (nSPS) is 19.1. The lowest BCUT2D eigenvalue weighted by Gasteiger charge is -2.32. The van der Waals surface area contributed by atoms with Gasteiger partial charge in [0.15, 0.2) is 0 Å². The van der Waals surface area contributed by atoms with Crippen molar-refractivity contribution in [1.29, 1.82) is 0 Å². The van der Waals surface area contributed by atoms with Crippen LogP contribution in [-0.2, 0) is 9.31 Å². The van der Waals surface area contributed by atoms with E-state index < -0.39 is 24.2 Å². The minimum absolute atomic E-state index is 0.110. The summed E-state index contributed by atoms with van der Waals surface area (Å²) in [4.78, 5) is 12.7. The first-order valence-electron chi connectivity index (χ1n) is 8.67. The molecule has 0 spiro atoms. The second kappa shape index (κ2) is 7.93. The summed E-state index contributed by atoms with van der Waals surface area (Å²) in [6.45, 7) is 13.5. The van der Waals surface area contributed by atoms with Crippen LogP contribution in [0.4, 0.5) is 0 Å². The van der Waals surface area contributed by atoms with E-state index in [1.807, 2.05) is 34.6 Å². The maximum Gasteiger partial charge on any atom is 0.496 e. The molecule has 2 rings (SSSR count). The van der Waals surface area contributed by atoms with E-state index in [0.29, 0.717) is 16.2 Å². The molecule has 1 aliphatic heterocycles. The lowest BCUT2D eigenvalue weighted by atomic mass is 9.76. The first kappa shape index (κ1) is 21.3. The average Bonchev–Trinajstić information content (AvgIpc) is 2.75. The Morgan fingerprint density at radius 1 is 1.26 bits per heavy atom. The minimum Gasteiger partial charge on any atom is -0.507 e. The van der Waals surface area contributed by atoms with E-state index in [-0.39, 0.29) is 11.3 Å². The third-order valence-electron chi connectivity index (χ3n) is 4.82. The molecular weight excluding hydrogens is 364 g/mol. The summed E-state index contributed by atoms with van der Waals surface area (Å²) in [5.41, 5.74) is 0.134. The van der Waals surface area contributed by atoms with Crippen molar-refractivity contribution in [2.45, 2.75) is 45.8 Å². The third kappa shape index (κ3) is 4.46. The standard InChI is InChI=1S/C20H25BClNO4/c1-7-9-16(23-18(25)14-11-10-13(22)12-17(14)24)15(8-2)21-26-19(3,4)20(5,6)27-21/h7-12,24H,2H2,1,3-6H3,(H,23,25)/b9-7-,16-15-. The topological polar surface area (TPSA) is 67.8 Å². The molecule has 0 atom stereocenters. The first-order chi connectivity index (χ1) is 12.5. The fourth-order valence-electron chi connectivity index (χ4n) is 2.57. The van der Waals surface area contributed by atoms with E-state index in [1.54, 1.807) is 18.2 Å². The van der Waals surface area contributed by atoms with Crippen molar-refractivity contribution < 1.29 is 19.2 Å². The van der Waals surface area contributed by atoms with Crippen LogP contribution in [0.1, 0.15) is 45.0 Å². The van der Waals surface area contributed by atoms with Crippen molar-refractivity contribution in [1.82, 2.24) is 5.32 Å². The zero-order valence-electron chi connectivity index (χ0n) is 16.3. The van der Waals surface area contributed by atoms with Crippen LogP contribution in [0.3, 0.4) is 0 Å². The number of hydrogen-bond acceptors (Lipinski definition) is 4. The molecule has 0 bridgehead atoms. The fourth-order valence-corrected chi connectivity index (χ4v) is 2.73. The number of phenols is 1. The van der Waals surface area contributed by atoms with Crippen molar-refractivity contribution in [3.63, 3.8) is 0 Å². The zero-order valence-corrected chi connectivity index (χ0v) is 17.1. The summed E-state index contributed by atoms with van der Waals surface area (Å²) in [5, 5.41) is 13.1. The largest absolute Gasteiger partial charge is 0.507 e. The Balaban J connectivity index is 2.39. The second-order valence-electron chi connectivity index (χ2n) is 7.28. The van der Waals surface area contributed by atoms with Gasteiger partial charge in [-0.1, -0.05) is 30.3 Å². The number of amides is 1. The van der Waals surface area contributed by atoms with Gasteiger partial charge in [-0.3, -0.25) is 4.79 Å². The summed E-state index contributed by atoms with van der Waals surface area (Å²) in [5.74, 6) is -0.677. The Morgan fingerprint density at radius 2 is 1.85 bits per heavy atom. The van der Waals surface area contributed by atoms with E-state index in [4.69, 9.17) is 20.9 Å². The number of nitrogens with one attached hydrogen (secondary N) is 1. The molecule has 1 aromatic rings. The van der Waals surface area contributed by atoms with Crippen LogP contribution >= 0.6 is 11.6 Å². The maximum atomic E-state index is 12.7. The highest BCUT2D eigenvalue weighted by Crippen LogP contribution is 2.39. The number of carbonyl (C=O) groups excluding carboxylic acids is 1. The van der Waals surface area contributed by atoms with E-state index in [0.717, 1.165) is 0 Å². The molecule has 7 heteroatoms. The van der Waals surface area contributed by atoms with Crippen LogP contribution in [-0.4, -0.2) is 29.3 Å². The van der Waals surface area contributed by atoms with Gasteiger partial charge in [-0.05, 0) is 58.9 Å². The molecule has 1 aliphatic rings. The van der Waals surface area contributed by atoms with Crippen LogP contribution in [0, 0.1) is 0 Å². The Morgan fingerprint density at radius 3 is 2.33 bits per heavy atom. The molecule has 1 saturated heterocycles. The molecule has 2 N–H and O–H groups in total. The maximum absolute atomic E-state index is 12.7. The minimum atomic E-state index is -0.683. The molecule has 1 heterocycles. The number of halogens is 1. The van der Waals surface area contributed by atoms with Gasteiger partial charge in [0.1, 0.15) is 5.75 Å². The fraction of sp³-hybridized carbons (Fsp3) is 0.350. The number of allylic oxidation sites excluding steroid dienone is 4. The molecule has 5 nitrogen and oxygen atoms in total. The number of carbonyl (C=O) groups is 1. The molecule has 0 radical (unpaired) electrons. The first-order valence-corrected chi connectivity index (χ1v) is 9.05. The van der Waals surface area contributed by atoms with Gasteiger partial charge in [0.05, 0.1) is 16.8 Å². The second-order valence-corrected chi connectivity index (χ2v) is 7.71. The molecule has 0 aromatic heterocycles. The zero-order chi connectivity index (χ0) is 20.4. The van der Waals surface area contributed by atoms with Gasteiger partial charge in [-0.25, -0.2) is 0 Å². The molecule has 1 amide bonds. The monoisotopic (exact) mass is 389 g/mol. The van der Waals surface area contributed by atoms with Crippen LogP contribution in [0.5, 0.6) is 5.75 Å². The smallest absolute Gasteiger partial charge is 0.496 e. The van der Waals surface area contributed by atoms with Crippen LogP contribution < -0.4 is 5.32 Å². The molecule has 27 heavy (non-hydrogen) atoms. The van der Waals surface area contributed by atoms with Crippen molar-refractivity contribution in [3.8, 4) is 5.75 Å². The highest BCUT2D eigenvalue weighted by atomic mass is 35.5. The summed E-state index contributed by atoms with van der Waals surface area (Å²) >= 11 is 5.83. The third-order valence-corrected chi connectivity index (χ3v) is 5.06. The predicted molar refractivity (Wildman–Crippen MR) is 109 cm³/mol. The molecule has 1 aromatic carbocycles. The SMILES string of the molecule is C=C/C(B1OC(C)(C)C(C)(C)O1)=C(\C=C/C)NC(=O)c1ccc(Cl)cc1O. The number of rotatable bonds is 5. The highest BCUT2D eigenvalue weighted by molar-refractivity contribution is 6.56. The van der Waals surface area contributed by atoms with Gasteiger partial charge in [-0.15, -0.1) is 0 Å². The van der Waals surface area contributed by atoms with E-state index >= 15 is 0 Å². The number of benzene rings is 1. The molecule has 1 fully saturated rings. The Kier molecular flexibility index (Phi) is 6.25. The molecule has 0 saturated carbocycles. The summed E-state index contributed by atoms with van der Waals surface area (Å²) in [6, 6.07) is 4.32. The lowest BCUT2D eigenvalue weighted by molar-refractivity contribution is 0.00578.